The van der Waals surface area contributed by atoms with Gasteiger partial charge in [0.25, 0.3) is 0 Å². The van der Waals surface area contributed by atoms with Gasteiger partial charge in [-0.05, 0) is 24.3 Å². The van der Waals surface area contributed by atoms with E-state index in [1.54, 1.807) is 6.07 Å². The quantitative estimate of drug-likeness (QED) is 0.283. The van der Waals surface area contributed by atoms with Crippen LogP contribution in [0.4, 0.5) is 0 Å². The Morgan fingerprint density at radius 2 is 0.692 bits per heavy atom. The lowest BCUT2D eigenvalue weighted by Crippen LogP contribution is -1.67. The zero-order chi connectivity index (χ0) is 19.7. The van der Waals surface area contributed by atoms with Crippen LogP contribution in [-0.2, 0) is 0 Å². The molecule has 0 aliphatic heterocycles. The van der Waals surface area contributed by atoms with Crippen LogP contribution in [0.5, 0.6) is 46.0 Å². The van der Waals surface area contributed by atoms with Crippen molar-refractivity contribution in [1.29, 1.82) is 0 Å². The Balaban J connectivity index is 0.000000195. The zero-order valence-electron chi connectivity index (χ0n) is 13.4. The molecule has 0 unspecified atom stereocenters. The van der Waals surface area contributed by atoms with E-state index >= 15 is 0 Å². The highest BCUT2D eigenvalue weighted by Gasteiger charge is 2.01. The Morgan fingerprint density at radius 3 is 0.962 bits per heavy atom. The molecule has 0 amide bonds. The summed E-state index contributed by atoms with van der Waals surface area (Å²) in [6.07, 6.45) is 0. The average molecular weight is 362 g/mol. The van der Waals surface area contributed by atoms with Crippen molar-refractivity contribution in [3.05, 3.63) is 60.7 Å². The molecule has 0 aromatic heterocycles. The molecule has 3 aromatic carbocycles. The van der Waals surface area contributed by atoms with Crippen LogP contribution in [0, 0.1) is 0 Å². The van der Waals surface area contributed by atoms with Crippen molar-refractivity contribution in [2.75, 3.05) is 0 Å². The topological polar surface area (TPSA) is 162 Å². The number of phenols is 8. The predicted octanol–water partition coefficient (Wildman–Crippen LogP) is 2.70. The van der Waals surface area contributed by atoms with E-state index in [-0.39, 0.29) is 40.2 Å². The fourth-order valence-electron chi connectivity index (χ4n) is 1.59. The maximum Gasteiger partial charge on any atom is 0.200 e. The molecule has 0 fully saturated rings. The minimum Gasteiger partial charge on any atom is -0.508 e. The van der Waals surface area contributed by atoms with Crippen LogP contribution in [0.2, 0.25) is 0 Å². The van der Waals surface area contributed by atoms with Crippen molar-refractivity contribution < 1.29 is 40.9 Å². The second-order valence-corrected chi connectivity index (χ2v) is 4.87. The van der Waals surface area contributed by atoms with Gasteiger partial charge in [0.1, 0.15) is 28.7 Å². The summed E-state index contributed by atoms with van der Waals surface area (Å²) in [6, 6.07) is 13.3. The highest BCUT2D eigenvalue weighted by Crippen LogP contribution is 2.32. The number of para-hydroxylation sites is 1. The molecule has 0 radical (unpaired) electrons. The first kappa shape index (κ1) is 20.1. The van der Waals surface area contributed by atoms with E-state index < -0.39 is 5.75 Å². The van der Waals surface area contributed by atoms with Crippen molar-refractivity contribution in [3.8, 4) is 46.0 Å². The SMILES string of the molecule is Oc1cc(O)cc(O)c1.Oc1cccc(O)c1.Oc1cccc(O)c1O. The van der Waals surface area contributed by atoms with Gasteiger partial charge >= 0.3 is 0 Å². The Morgan fingerprint density at radius 1 is 0.385 bits per heavy atom. The molecule has 8 heteroatoms. The van der Waals surface area contributed by atoms with E-state index in [4.69, 9.17) is 40.9 Å². The largest absolute Gasteiger partial charge is 0.508 e. The van der Waals surface area contributed by atoms with Crippen LogP contribution in [0.25, 0.3) is 0 Å². The first-order chi connectivity index (χ1) is 12.2. The number of benzene rings is 3. The Bertz CT molecular complexity index is 760. The third-order valence-electron chi connectivity index (χ3n) is 2.71. The van der Waals surface area contributed by atoms with E-state index in [1.165, 1.54) is 36.4 Å². The smallest absolute Gasteiger partial charge is 0.200 e. The lowest BCUT2D eigenvalue weighted by atomic mass is 10.3. The van der Waals surface area contributed by atoms with E-state index in [9.17, 15) is 0 Å². The number of hydrogen-bond acceptors (Lipinski definition) is 8. The third kappa shape index (κ3) is 7.09. The number of hydrogen-bond donors (Lipinski definition) is 8. The summed E-state index contributed by atoms with van der Waals surface area (Å²) in [7, 11) is 0. The maximum atomic E-state index is 8.71. The summed E-state index contributed by atoms with van der Waals surface area (Å²) < 4.78 is 0. The van der Waals surface area contributed by atoms with Crippen LogP contribution >= 0.6 is 0 Å². The van der Waals surface area contributed by atoms with Crippen LogP contribution in [-0.4, -0.2) is 40.9 Å². The monoisotopic (exact) mass is 362 g/mol. The summed E-state index contributed by atoms with van der Waals surface area (Å²) in [5.41, 5.74) is 0. The Hall–Kier alpha value is -3.94. The van der Waals surface area contributed by atoms with Gasteiger partial charge in [0.2, 0.25) is 0 Å². The van der Waals surface area contributed by atoms with Crippen molar-refractivity contribution in [3.63, 3.8) is 0 Å². The van der Waals surface area contributed by atoms with Crippen LogP contribution in [0.1, 0.15) is 0 Å². The maximum absolute atomic E-state index is 8.71. The summed E-state index contributed by atoms with van der Waals surface area (Å²) >= 11 is 0. The van der Waals surface area contributed by atoms with Gasteiger partial charge in [-0.3, -0.25) is 0 Å². The predicted molar refractivity (Wildman–Crippen MR) is 92.6 cm³/mol. The van der Waals surface area contributed by atoms with Gasteiger partial charge in [-0.2, -0.15) is 0 Å². The molecule has 0 bridgehead atoms. The summed E-state index contributed by atoms with van der Waals surface area (Å²) in [6.45, 7) is 0. The molecule has 138 valence electrons. The third-order valence-corrected chi connectivity index (χ3v) is 2.71. The standard InChI is InChI=1S/2C6H6O3.C6H6O2/c7-4-1-5(8)3-6(9)2-4;7-4-2-1-3-5(8)6(4)9;7-5-2-1-3-6(8)4-5/h2*1-3,7-9H;1-4,7-8H. The molecule has 8 N–H and O–H groups in total. The van der Waals surface area contributed by atoms with Crippen molar-refractivity contribution in [2.24, 2.45) is 0 Å². The molecule has 0 spiro atoms. The van der Waals surface area contributed by atoms with Crippen LogP contribution < -0.4 is 0 Å². The second-order valence-electron chi connectivity index (χ2n) is 4.87. The lowest BCUT2D eigenvalue weighted by Gasteiger charge is -1.96. The molecule has 26 heavy (non-hydrogen) atoms. The average Bonchev–Trinajstić information content (AvgIpc) is 2.52. The molecule has 0 saturated heterocycles. The van der Waals surface area contributed by atoms with E-state index in [1.807, 2.05) is 0 Å². The van der Waals surface area contributed by atoms with Crippen LogP contribution in [0.3, 0.4) is 0 Å². The van der Waals surface area contributed by atoms with Crippen molar-refractivity contribution in [1.82, 2.24) is 0 Å². The van der Waals surface area contributed by atoms with Crippen molar-refractivity contribution in [2.45, 2.75) is 0 Å². The summed E-state index contributed by atoms with van der Waals surface area (Å²) in [5.74, 6) is -1.36. The highest BCUT2D eigenvalue weighted by atomic mass is 16.3. The molecule has 0 aliphatic carbocycles. The minimum atomic E-state index is -0.475. The van der Waals surface area contributed by atoms with Crippen molar-refractivity contribution >= 4 is 0 Å². The number of phenolic OH excluding ortho intramolecular Hbond substituents is 8. The van der Waals surface area contributed by atoms with Gasteiger partial charge in [0.05, 0.1) is 0 Å². The van der Waals surface area contributed by atoms with Gasteiger partial charge in [0, 0.05) is 24.3 Å². The first-order valence-electron chi connectivity index (χ1n) is 7.09. The minimum absolute atomic E-state index is 0.0880. The number of aromatic hydroxyl groups is 8. The van der Waals surface area contributed by atoms with E-state index in [2.05, 4.69) is 0 Å². The van der Waals surface area contributed by atoms with Gasteiger partial charge in [-0.15, -0.1) is 0 Å². The van der Waals surface area contributed by atoms with Gasteiger partial charge in [-0.25, -0.2) is 0 Å². The summed E-state index contributed by atoms with van der Waals surface area (Å²) in [4.78, 5) is 0. The Labute approximate surface area is 148 Å². The fourth-order valence-corrected chi connectivity index (χ4v) is 1.59. The second kappa shape index (κ2) is 9.38. The molecule has 0 saturated carbocycles. The zero-order valence-corrected chi connectivity index (χ0v) is 13.4. The fraction of sp³-hybridized carbons (Fsp3) is 0. The molecule has 3 rings (SSSR count). The van der Waals surface area contributed by atoms with Gasteiger partial charge in [0.15, 0.2) is 17.2 Å². The highest BCUT2D eigenvalue weighted by molar-refractivity contribution is 5.47. The molecule has 0 atom stereocenters. The molecule has 0 aliphatic rings. The van der Waals surface area contributed by atoms with Gasteiger partial charge < -0.3 is 40.9 Å². The summed E-state index contributed by atoms with van der Waals surface area (Å²) in [5, 5.41) is 69.4. The lowest BCUT2D eigenvalue weighted by molar-refractivity contribution is 0.368. The van der Waals surface area contributed by atoms with E-state index in [0.717, 1.165) is 18.2 Å². The number of rotatable bonds is 0. The van der Waals surface area contributed by atoms with Gasteiger partial charge in [-0.1, -0.05) is 12.1 Å². The molecular formula is C18H18O8. The molecule has 3 aromatic rings. The van der Waals surface area contributed by atoms with E-state index in [0.29, 0.717) is 0 Å². The molecule has 8 nitrogen and oxygen atoms in total. The first-order valence-corrected chi connectivity index (χ1v) is 7.09. The Kier molecular flexibility index (Phi) is 7.25. The van der Waals surface area contributed by atoms with Crippen LogP contribution in [0.15, 0.2) is 60.7 Å². The molecule has 0 heterocycles. The molecular weight excluding hydrogens is 344 g/mol. The normalized spacial score (nSPS) is 9.23.